The molecule has 17 heteroatoms. The van der Waals surface area contributed by atoms with Crippen molar-refractivity contribution >= 4 is 11.1 Å². The van der Waals surface area contributed by atoms with Gasteiger partial charge in [-0.15, -0.1) is 0 Å². The fraction of sp³-hybridized carbons (Fsp3) is 0.174. The van der Waals surface area contributed by atoms with Gasteiger partial charge in [0.2, 0.25) is 0 Å². The summed E-state index contributed by atoms with van der Waals surface area (Å²) in [5.41, 5.74) is -19.2. The third-order valence-electron chi connectivity index (χ3n) is 5.03. The van der Waals surface area contributed by atoms with Crippen molar-refractivity contribution in [3.63, 3.8) is 0 Å². The molecule has 2 aromatic rings. The lowest BCUT2D eigenvalue weighted by Crippen LogP contribution is -2.36. The Bertz CT molecular complexity index is 1690. The van der Waals surface area contributed by atoms with Crippen LogP contribution < -0.4 is 10.4 Å². The predicted octanol–water partition coefficient (Wildman–Crippen LogP) is 5.43. The van der Waals surface area contributed by atoms with Gasteiger partial charge in [-0.05, 0) is 23.8 Å². The van der Waals surface area contributed by atoms with E-state index in [4.69, 9.17) is 15.8 Å². The minimum Gasteiger partial charge on any atom is -0.192 e. The summed E-state index contributed by atoms with van der Waals surface area (Å²) in [6, 6.07) is 2.95. The molecule has 0 aliphatic carbocycles. The second kappa shape index (κ2) is 10.2. The van der Waals surface area contributed by atoms with E-state index in [1.807, 2.05) is 0 Å². The molecule has 2 aromatic carbocycles. The molecule has 0 fully saturated rings. The molecule has 0 spiro atoms. The van der Waals surface area contributed by atoms with Gasteiger partial charge in [0.1, 0.15) is 35.9 Å². The van der Waals surface area contributed by atoms with E-state index in [-0.39, 0.29) is 6.07 Å². The van der Waals surface area contributed by atoms with Gasteiger partial charge in [0, 0.05) is 10.4 Å². The first-order chi connectivity index (χ1) is 18.2. The molecule has 0 saturated heterocycles. The Morgan fingerprint density at radius 3 is 1.25 bits per heavy atom. The SMILES string of the molecule is N#CC(C#N)=c1cc(C(F)(F)F)/c(=C(/C#N)c2cc(C(F)(F)F)c(C#N)c(C(F)(F)F)c2)c(C(F)(F)F)c1C#N. The summed E-state index contributed by atoms with van der Waals surface area (Å²) in [5, 5.41) is 41.9. The fourth-order valence-electron chi connectivity index (χ4n) is 3.53. The number of benzene rings is 2. The normalized spacial score (nSPS) is 12.8. The Morgan fingerprint density at radius 1 is 0.525 bits per heavy atom. The molecule has 2 rings (SSSR count). The van der Waals surface area contributed by atoms with Crippen molar-refractivity contribution in [3.8, 4) is 30.3 Å². The van der Waals surface area contributed by atoms with Crippen LogP contribution in [0.15, 0.2) is 18.2 Å². The van der Waals surface area contributed by atoms with Crippen molar-refractivity contribution in [1.29, 1.82) is 26.3 Å². The predicted molar refractivity (Wildman–Crippen MR) is 104 cm³/mol. The monoisotopic (exact) mass is 577 g/mol. The average Bonchev–Trinajstić information content (AvgIpc) is 2.82. The molecular formula is C23H3F12N5. The lowest BCUT2D eigenvalue weighted by Gasteiger charge is -2.19. The molecule has 0 radical (unpaired) electrons. The Balaban J connectivity index is 3.62. The molecule has 5 nitrogen and oxygen atoms in total. The van der Waals surface area contributed by atoms with Crippen LogP contribution in [0, 0.1) is 56.7 Å². The highest BCUT2D eigenvalue weighted by Crippen LogP contribution is 2.41. The first-order valence-corrected chi connectivity index (χ1v) is 9.62. The molecule has 0 bridgehead atoms. The zero-order chi connectivity index (χ0) is 31.0. The molecule has 0 unspecified atom stereocenters. The lowest BCUT2D eigenvalue weighted by molar-refractivity contribution is -0.146. The molecule has 0 heterocycles. The van der Waals surface area contributed by atoms with E-state index in [1.165, 1.54) is 0 Å². The molecule has 40 heavy (non-hydrogen) atoms. The molecule has 0 amide bonds. The van der Waals surface area contributed by atoms with Crippen LogP contribution in [-0.2, 0) is 24.7 Å². The molecule has 0 aromatic heterocycles. The maximum Gasteiger partial charge on any atom is 0.418 e. The molecule has 0 aliphatic rings. The molecular weight excluding hydrogens is 574 g/mol. The summed E-state index contributed by atoms with van der Waals surface area (Å²) >= 11 is 0. The van der Waals surface area contributed by atoms with Gasteiger partial charge in [-0.1, -0.05) is 0 Å². The minimum absolute atomic E-state index is 0.332. The molecule has 0 atom stereocenters. The van der Waals surface area contributed by atoms with E-state index in [0.717, 1.165) is 24.3 Å². The average molecular weight is 577 g/mol. The van der Waals surface area contributed by atoms with Gasteiger partial charge in [0.25, 0.3) is 0 Å². The van der Waals surface area contributed by atoms with Gasteiger partial charge in [-0.3, -0.25) is 0 Å². The van der Waals surface area contributed by atoms with Crippen molar-refractivity contribution in [3.05, 3.63) is 67.6 Å². The summed E-state index contributed by atoms with van der Waals surface area (Å²) < 4.78 is 166. The van der Waals surface area contributed by atoms with E-state index in [2.05, 4.69) is 0 Å². The number of hydrogen-bond donors (Lipinski definition) is 0. The van der Waals surface area contributed by atoms with Gasteiger partial charge in [-0.25, -0.2) is 0 Å². The van der Waals surface area contributed by atoms with Crippen LogP contribution in [0.2, 0.25) is 0 Å². The number of rotatable bonds is 1. The van der Waals surface area contributed by atoms with Crippen LogP contribution in [0.25, 0.3) is 11.1 Å². The molecule has 0 aliphatic heterocycles. The Labute approximate surface area is 213 Å². The zero-order valence-electron chi connectivity index (χ0n) is 18.5. The third-order valence-corrected chi connectivity index (χ3v) is 5.03. The van der Waals surface area contributed by atoms with E-state index in [0.29, 0.717) is 6.07 Å². The first-order valence-electron chi connectivity index (χ1n) is 9.62. The third kappa shape index (κ3) is 5.62. The lowest BCUT2D eigenvalue weighted by atomic mass is 9.88. The minimum atomic E-state index is -6.05. The molecule has 204 valence electrons. The number of nitrogens with zero attached hydrogens (tertiary/aromatic N) is 5. The van der Waals surface area contributed by atoms with E-state index >= 15 is 0 Å². The maximum absolute atomic E-state index is 14.2. The largest absolute Gasteiger partial charge is 0.418 e. The number of nitriles is 5. The Kier molecular flexibility index (Phi) is 7.88. The highest BCUT2D eigenvalue weighted by atomic mass is 19.4. The second-order valence-corrected chi connectivity index (χ2v) is 7.34. The van der Waals surface area contributed by atoms with Crippen LogP contribution in [-0.4, -0.2) is 0 Å². The number of hydrogen-bond acceptors (Lipinski definition) is 5. The van der Waals surface area contributed by atoms with Gasteiger partial charge in [0.15, 0.2) is 0 Å². The van der Waals surface area contributed by atoms with Crippen molar-refractivity contribution in [2.75, 3.05) is 0 Å². The highest BCUT2D eigenvalue weighted by Gasteiger charge is 2.45. The second-order valence-electron chi connectivity index (χ2n) is 7.34. The van der Waals surface area contributed by atoms with Gasteiger partial charge >= 0.3 is 24.7 Å². The van der Waals surface area contributed by atoms with Gasteiger partial charge in [-0.2, -0.15) is 79.0 Å². The maximum atomic E-state index is 14.2. The summed E-state index contributed by atoms with van der Waals surface area (Å²) in [7, 11) is 0. The van der Waals surface area contributed by atoms with Crippen LogP contribution >= 0.6 is 0 Å². The summed E-state index contributed by atoms with van der Waals surface area (Å²) in [4.78, 5) is 0. The van der Waals surface area contributed by atoms with Crippen LogP contribution in [0.5, 0.6) is 0 Å². The highest BCUT2D eigenvalue weighted by molar-refractivity contribution is 5.81. The fourth-order valence-corrected chi connectivity index (χ4v) is 3.53. The van der Waals surface area contributed by atoms with Crippen LogP contribution in [0.1, 0.15) is 38.9 Å². The van der Waals surface area contributed by atoms with Crippen molar-refractivity contribution in [1.82, 2.24) is 0 Å². The van der Waals surface area contributed by atoms with E-state index in [1.54, 1.807) is 0 Å². The number of halogens is 12. The molecule has 0 N–H and O–H groups in total. The zero-order valence-corrected chi connectivity index (χ0v) is 18.5. The van der Waals surface area contributed by atoms with E-state index < -0.39 is 97.4 Å². The summed E-state index contributed by atoms with van der Waals surface area (Å²) in [6.45, 7) is 0. The summed E-state index contributed by atoms with van der Waals surface area (Å²) in [6.07, 6.45) is -23.6. The van der Waals surface area contributed by atoms with Crippen LogP contribution in [0.3, 0.4) is 0 Å². The number of alkyl halides is 12. The van der Waals surface area contributed by atoms with Crippen LogP contribution in [0.4, 0.5) is 52.7 Å². The Hall–Kier alpha value is -5.21. The van der Waals surface area contributed by atoms with Gasteiger partial charge in [0.05, 0.1) is 39.0 Å². The Morgan fingerprint density at radius 2 is 0.950 bits per heavy atom. The first kappa shape index (κ1) is 31.0. The molecule has 0 saturated carbocycles. The van der Waals surface area contributed by atoms with Crippen molar-refractivity contribution in [2.45, 2.75) is 24.7 Å². The van der Waals surface area contributed by atoms with Crippen molar-refractivity contribution in [2.24, 2.45) is 0 Å². The van der Waals surface area contributed by atoms with Crippen molar-refractivity contribution < 1.29 is 52.7 Å². The van der Waals surface area contributed by atoms with Gasteiger partial charge < -0.3 is 0 Å². The smallest absolute Gasteiger partial charge is 0.192 e. The quantitative estimate of drug-likeness (QED) is 0.419. The summed E-state index contributed by atoms with van der Waals surface area (Å²) in [5.74, 6) is 0. The standard InChI is InChI=1S/C23H3F12N5/c24-20(25,26)15-1-9(2-16(14(15)8-40)21(27,28)29)12(6-38)18-17(22(30,31)32)3-11(10(4-36)5-37)13(7-39)19(18)23(33,34)35/h1-3H/b18-12+. The van der Waals surface area contributed by atoms with E-state index in [9.17, 15) is 63.2 Å². The topological polar surface area (TPSA) is 119 Å².